The number of hydrogen-bond acceptors (Lipinski definition) is 2. The van der Waals surface area contributed by atoms with E-state index >= 15 is 0 Å². The fourth-order valence-corrected chi connectivity index (χ4v) is 1.94. The van der Waals surface area contributed by atoms with Crippen molar-refractivity contribution in [1.29, 1.82) is 0 Å². The minimum absolute atomic E-state index is 0.00296. The van der Waals surface area contributed by atoms with Gasteiger partial charge in [0.05, 0.1) is 0 Å². The molecule has 0 aromatic heterocycles. The molecule has 2 rings (SSSR count). The van der Waals surface area contributed by atoms with E-state index in [2.05, 4.69) is 5.32 Å². The third kappa shape index (κ3) is 2.85. The summed E-state index contributed by atoms with van der Waals surface area (Å²) in [6.45, 7) is 0.562. The number of aliphatic hydroxyl groups excluding tert-OH is 1. The predicted octanol–water partition coefficient (Wildman–Crippen LogP) is 1.86. The SMILES string of the molecule is O=C(NCC1(CCO)CC1)c1ccc(F)c(F)c1. The average molecular weight is 255 g/mol. The number of aliphatic hydroxyl groups is 1. The van der Waals surface area contributed by atoms with Crippen LogP contribution in [0.3, 0.4) is 0 Å². The Kier molecular flexibility index (Phi) is 3.61. The predicted molar refractivity (Wildman–Crippen MR) is 62.1 cm³/mol. The Morgan fingerprint density at radius 2 is 2.06 bits per heavy atom. The molecule has 1 aliphatic rings. The molecular formula is C13H15F2NO2. The fraction of sp³-hybridized carbons (Fsp3) is 0.462. The van der Waals surface area contributed by atoms with Crippen LogP contribution in [0.5, 0.6) is 0 Å². The maximum Gasteiger partial charge on any atom is 0.251 e. The van der Waals surface area contributed by atoms with E-state index < -0.39 is 17.5 Å². The van der Waals surface area contributed by atoms with E-state index in [1.54, 1.807) is 0 Å². The molecule has 0 radical (unpaired) electrons. The first-order chi connectivity index (χ1) is 8.56. The average Bonchev–Trinajstić information content (AvgIpc) is 3.11. The van der Waals surface area contributed by atoms with Crippen LogP contribution in [-0.4, -0.2) is 24.2 Å². The number of nitrogens with one attached hydrogen (secondary N) is 1. The monoisotopic (exact) mass is 255 g/mol. The van der Waals surface area contributed by atoms with Gasteiger partial charge in [-0.15, -0.1) is 0 Å². The summed E-state index contributed by atoms with van der Waals surface area (Å²) in [5, 5.41) is 11.6. The van der Waals surface area contributed by atoms with E-state index in [1.807, 2.05) is 0 Å². The normalized spacial score (nSPS) is 16.4. The first-order valence-electron chi connectivity index (χ1n) is 5.90. The zero-order chi connectivity index (χ0) is 13.2. The van der Waals surface area contributed by atoms with Gasteiger partial charge in [0.2, 0.25) is 0 Å². The Morgan fingerprint density at radius 1 is 1.33 bits per heavy atom. The van der Waals surface area contributed by atoms with Crippen LogP contribution in [0, 0.1) is 17.0 Å². The van der Waals surface area contributed by atoms with E-state index in [1.165, 1.54) is 6.07 Å². The van der Waals surface area contributed by atoms with Crippen LogP contribution in [0.4, 0.5) is 8.78 Å². The van der Waals surface area contributed by atoms with Gasteiger partial charge in [-0.05, 0) is 42.9 Å². The Morgan fingerprint density at radius 3 is 2.61 bits per heavy atom. The molecule has 0 spiro atoms. The molecule has 1 amide bonds. The summed E-state index contributed by atoms with van der Waals surface area (Å²) < 4.78 is 25.7. The molecule has 0 aliphatic heterocycles. The van der Waals surface area contributed by atoms with E-state index in [9.17, 15) is 13.6 Å². The standard InChI is InChI=1S/C13H15F2NO2/c14-10-2-1-9(7-11(10)15)12(18)16-8-13(3-4-13)5-6-17/h1-2,7,17H,3-6,8H2,(H,16,18). The fourth-order valence-electron chi connectivity index (χ4n) is 1.94. The van der Waals surface area contributed by atoms with Crippen molar-refractivity contribution in [2.45, 2.75) is 19.3 Å². The van der Waals surface area contributed by atoms with Crippen molar-refractivity contribution in [2.75, 3.05) is 13.2 Å². The molecule has 0 atom stereocenters. The quantitative estimate of drug-likeness (QED) is 0.843. The Bertz CT molecular complexity index is 458. The van der Waals surface area contributed by atoms with Crippen LogP contribution in [-0.2, 0) is 0 Å². The molecule has 0 unspecified atom stereocenters. The highest BCUT2D eigenvalue weighted by molar-refractivity contribution is 5.94. The molecule has 1 fully saturated rings. The van der Waals surface area contributed by atoms with Crippen molar-refractivity contribution in [2.24, 2.45) is 5.41 Å². The van der Waals surface area contributed by atoms with Gasteiger partial charge in [0.15, 0.2) is 11.6 Å². The van der Waals surface area contributed by atoms with Gasteiger partial charge in [0.1, 0.15) is 0 Å². The summed E-state index contributed by atoms with van der Waals surface area (Å²) in [6.07, 6.45) is 2.61. The van der Waals surface area contributed by atoms with Gasteiger partial charge in [0, 0.05) is 18.7 Å². The number of carbonyl (C=O) groups is 1. The van der Waals surface area contributed by atoms with E-state index in [0.717, 1.165) is 25.0 Å². The van der Waals surface area contributed by atoms with Crippen molar-refractivity contribution in [1.82, 2.24) is 5.32 Å². The molecule has 18 heavy (non-hydrogen) atoms. The van der Waals surface area contributed by atoms with Crippen molar-refractivity contribution >= 4 is 5.91 Å². The molecule has 0 saturated heterocycles. The number of benzene rings is 1. The Balaban J connectivity index is 1.93. The van der Waals surface area contributed by atoms with Crippen molar-refractivity contribution in [3.8, 4) is 0 Å². The zero-order valence-electron chi connectivity index (χ0n) is 9.88. The molecule has 2 N–H and O–H groups in total. The van der Waals surface area contributed by atoms with Crippen molar-refractivity contribution in [3.05, 3.63) is 35.4 Å². The molecule has 1 aliphatic carbocycles. The summed E-state index contributed by atoms with van der Waals surface area (Å²) in [7, 11) is 0. The summed E-state index contributed by atoms with van der Waals surface area (Å²) >= 11 is 0. The molecule has 0 heterocycles. The number of hydrogen-bond donors (Lipinski definition) is 2. The van der Waals surface area contributed by atoms with Crippen LogP contribution < -0.4 is 5.32 Å². The Labute approximate surface area is 104 Å². The summed E-state index contributed by atoms with van der Waals surface area (Å²) in [5.41, 5.74) is 0.108. The lowest BCUT2D eigenvalue weighted by Gasteiger charge is -2.14. The number of rotatable bonds is 5. The van der Waals surface area contributed by atoms with Gasteiger partial charge < -0.3 is 10.4 Å². The lowest BCUT2D eigenvalue weighted by molar-refractivity contribution is 0.0940. The highest BCUT2D eigenvalue weighted by atomic mass is 19.2. The van der Waals surface area contributed by atoms with Gasteiger partial charge >= 0.3 is 0 Å². The van der Waals surface area contributed by atoms with Gasteiger partial charge in [-0.2, -0.15) is 0 Å². The van der Waals surface area contributed by atoms with Gasteiger partial charge in [-0.25, -0.2) is 8.78 Å². The van der Waals surface area contributed by atoms with Crippen LogP contribution in [0.15, 0.2) is 18.2 Å². The van der Waals surface area contributed by atoms with E-state index in [-0.39, 0.29) is 17.6 Å². The van der Waals surface area contributed by atoms with Crippen molar-refractivity contribution < 1.29 is 18.7 Å². The third-order valence-electron chi connectivity index (χ3n) is 3.40. The lowest BCUT2D eigenvalue weighted by Crippen LogP contribution is -2.30. The molecule has 5 heteroatoms. The second-order valence-corrected chi connectivity index (χ2v) is 4.79. The van der Waals surface area contributed by atoms with Crippen LogP contribution in [0.2, 0.25) is 0 Å². The summed E-state index contributed by atoms with van der Waals surface area (Å²) in [4.78, 5) is 11.7. The minimum Gasteiger partial charge on any atom is -0.396 e. The van der Waals surface area contributed by atoms with Gasteiger partial charge in [-0.1, -0.05) is 0 Å². The first-order valence-corrected chi connectivity index (χ1v) is 5.90. The largest absolute Gasteiger partial charge is 0.396 e. The zero-order valence-corrected chi connectivity index (χ0v) is 9.88. The molecule has 1 saturated carbocycles. The highest BCUT2D eigenvalue weighted by Gasteiger charge is 2.41. The second kappa shape index (κ2) is 5.02. The molecule has 0 bridgehead atoms. The summed E-state index contributed by atoms with van der Waals surface area (Å²) in [6, 6.07) is 3.07. The van der Waals surface area contributed by atoms with Gasteiger partial charge in [0.25, 0.3) is 5.91 Å². The van der Waals surface area contributed by atoms with Crippen LogP contribution in [0.25, 0.3) is 0 Å². The summed E-state index contributed by atoms with van der Waals surface area (Å²) in [5.74, 6) is -2.41. The maximum absolute atomic E-state index is 13.0. The van der Waals surface area contributed by atoms with Gasteiger partial charge in [-0.3, -0.25) is 4.79 Å². The van der Waals surface area contributed by atoms with Crippen molar-refractivity contribution in [3.63, 3.8) is 0 Å². The highest BCUT2D eigenvalue weighted by Crippen LogP contribution is 2.47. The number of amides is 1. The molecular weight excluding hydrogens is 240 g/mol. The smallest absolute Gasteiger partial charge is 0.251 e. The second-order valence-electron chi connectivity index (χ2n) is 4.79. The minimum atomic E-state index is -1.03. The van der Waals surface area contributed by atoms with E-state index in [0.29, 0.717) is 13.0 Å². The molecule has 1 aromatic carbocycles. The van der Waals surface area contributed by atoms with Crippen LogP contribution >= 0.6 is 0 Å². The third-order valence-corrected chi connectivity index (χ3v) is 3.40. The topological polar surface area (TPSA) is 49.3 Å². The first kappa shape index (κ1) is 13.0. The number of carbonyl (C=O) groups excluding carboxylic acids is 1. The lowest BCUT2D eigenvalue weighted by atomic mass is 10.0. The maximum atomic E-state index is 13.0. The number of halogens is 2. The van der Waals surface area contributed by atoms with Crippen LogP contribution in [0.1, 0.15) is 29.6 Å². The van der Waals surface area contributed by atoms with E-state index in [4.69, 9.17) is 5.11 Å². The molecule has 1 aromatic rings. The molecule has 3 nitrogen and oxygen atoms in total. The molecule has 98 valence electrons. The Hall–Kier alpha value is -1.49.